The summed E-state index contributed by atoms with van der Waals surface area (Å²) in [5.41, 5.74) is 2.60. The van der Waals surface area contributed by atoms with Gasteiger partial charge in [-0.25, -0.2) is 18.7 Å². The van der Waals surface area contributed by atoms with Crippen molar-refractivity contribution >= 4 is 23.1 Å². The zero-order valence-corrected chi connectivity index (χ0v) is 19.2. The van der Waals surface area contributed by atoms with E-state index >= 15 is 0 Å². The van der Waals surface area contributed by atoms with Gasteiger partial charge in [0, 0.05) is 23.1 Å². The van der Waals surface area contributed by atoms with Crippen LogP contribution in [0.4, 0.5) is 20.3 Å². The van der Waals surface area contributed by atoms with E-state index in [0.717, 1.165) is 16.8 Å². The predicted octanol–water partition coefficient (Wildman–Crippen LogP) is 7.13. The molecule has 2 heterocycles. The summed E-state index contributed by atoms with van der Waals surface area (Å²) in [5, 5.41) is 3.57. The lowest BCUT2D eigenvalue weighted by Gasteiger charge is -2.15. The second kappa shape index (κ2) is 11.3. The van der Waals surface area contributed by atoms with Gasteiger partial charge in [0.2, 0.25) is 0 Å². The third kappa shape index (κ3) is 6.23. The Hall–Kier alpha value is -3.58. The Morgan fingerprint density at radius 3 is 2.48 bits per heavy atom. The highest BCUT2D eigenvalue weighted by molar-refractivity contribution is 6.30. The first-order chi connectivity index (χ1) is 16.0. The molecule has 2 aromatic carbocycles. The van der Waals surface area contributed by atoms with E-state index in [0.29, 0.717) is 16.6 Å². The Bertz CT molecular complexity index is 1220. The molecule has 5 nitrogen and oxygen atoms in total. The van der Waals surface area contributed by atoms with Gasteiger partial charge in [0.05, 0.1) is 11.8 Å². The molecule has 0 saturated carbocycles. The van der Waals surface area contributed by atoms with E-state index in [2.05, 4.69) is 20.3 Å². The summed E-state index contributed by atoms with van der Waals surface area (Å²) in [4.78, 5) is 12.8. The summed E-state index contributed by atoms with van der Waals surface area (Å²) in [7, 11) is 0. The lowest BCUT2D eigenvalue weighted by molar-refractivity contribution is 0.305. The first-order valence-corrected chi connectivity index (χ1v) is 10.7. The Morgan fingerprint density at radius 1 is 1.00 bits per heavy atom. The Balaban J connectivity index is 0.00000149. The molecule has 0 bridgehead atoms. The fraction of sp³-hybridized carbons (Fsp3) is 0.160. The molecule has 0 radical (unpaired) electrons. The number of rotatable bonds is 6. The molecule has 0 saturated heterocycles. The number of aryl methyl sites for hydroxylation is 1. The second-order valence-corrected chi connectivity index (χ2v) is 7.20. The van der Waals surface area contributed by atoms with Gasteiger partial charge in [-0.2, -0.15) is 0 Å². The van der Waals surface area contributed by atoms with E-state index < -0.39 is 5.82 Å². The predicted molar refractivity (Wildman–Crippen MR) is 127 cm³/mol. The maximum Gasteiger partial charge on any atom is 0.180 e. The molecule has 0 aliphatic heterocycles. The topological polar surface area (TPSA) is 59.9 Å². The molecule has 0 spiro atoms. The Labute approximate surface area is 196 Å². The third-order valence-corrected chi connectivity index (χ3v) is 4.74. The van der Waals surface area contributed by atoms with Crippen molar-refractivity contribution < 1.29 is 13.5 Å². The number of aromatic nitrogens is 3. The van der Waals surface area contributed by atoms with Crippen LogP contribution in [0.15, 0.2) is 67.1 Å². The Morgan fingerprint density at radius 2 is 1.76 bits per heavy atom. The zero-order valence-electron chi connectivity index (χ0n) is 18.4. The molecular weight excluding hydrogens is 446 g/mol. The van der Waals surface area contributed by atoms with Crippen LogP contribution in [0.1, 0.15) is 25.0 Å². The molecule has 0 atom stereocenters. The molecule has 1 N–H and O–H groups in total. The first-order valence-electron chi connectivity index (χ1n) is 10.4. The number of nitrogens with one attached hydrogen (secondary N) is 1. The standard InChI is InChI=1S/C23H17ClF2N4O.C2H6/c1-14-11-27-9-8-20(14)29-23-21(31-13-15-2-5-17(25)6-3-15)12-28-22(30-23)18-10-16(24)4-7-19(18)26;1-2/h2-12H,13H2,1H3,(H,27,28,29,30);1-2H3. The van der Waals surface area contributed by atoms with E-state index in [-0.39, 0.29) is 23.8 Å². The SMILES string of the molecule is CC.Cc1cnccc1Nc1nc(-c2cc(Cl)ccc2F)ncc1OCc1ccc(F)cc1. The molecule has 4 aromatic rings. The van der Waals surface area contributed by atoms with Crippen LogP contribution in [0.25, 0.3) is 11.4 Å². The van der Waals surface area contributed by atoms with Gasteiger partial charge >= 0.3 is 0 Å². The van der Waals surface area contributed by atoms with Gasteiger partial charge in [-0.15, -0.1) is 0 Å². The molecule has 2 aromatic heterocycles. The summed E-state index contributed by atoms with van der Waals surface area (Å²) < 4.78 is 33.4. The van der Waals surface area contributed by atoms with Crippen LogP contribution in [0.2, 0.25) is 5.02 Å². The van der Waals surface area contributed by atoms with Crippen molar-refractivity contribution in [3.63, 3.8) is 0 Å². The fourth-order valence-corrected chi connectivity index (χ4v) is 3.02. The minimum Gasteiger partial charge on any atom is -0.483 e. The Kier molecular flexibility index (Phi) is 8.27. The molecule has 0 fully saturated rings. The van der Waals surface area contributed by atoms with Crippen molar-refractivity contribution in [1.82, 2.24) is 15.0 Å². The average molecular weight is 469 g/mol. The van der Waals surface area contributed by atoms with Gasteiger partial charge in [-0.1, -0.05) is 37.6 Å². The lowest BCUT2D eigenvalue weighted by atomic mass is 10.2. The zero-order chi connectivity index (χ0) is 23.8. The van der Waals surface area contributed by atoms with Crippen LogP contribution in [0.5, 0.6) is 5.75 Å². The van der Waals surface area contributed by atoms with Crippen LogP contribution in [-0.4, -0.2) is 15.0 Å². The normalized spacial score (nSPS) is 10.2. The number of halogens is 3. The summed E-state index contributed by atoms with van der Waals surface area (Å²) in [6, 6.07) is 12.0. The van der Waals surface area contributed by atoms with Crippen molar-refractivity contribution in [2.24, 2.45) is 0 Å². The number of ether oxygens (including phenoxy) is 1. The number of anilines is 2. The lowest BCUT2D eigenvalue weighted by Crippen LogP contribution is -2.05. The quantitative estimate of drug-likeness (QED) is 0.326. The number of hydrogen-bond acceptors (Lipinski definition) is 5. The van der Waals surface area contributed by atoms with Crippen molar-refractivity contribution in [3.05, 3.63) is 94.9 Å². The molecule has 0 aliphatic rings. The van der Waals surface area contributed by atoms with Crippen molar-refractivity contribution in [2.75, 3.05) is 5.32 Å². The highest BCUT2D eigenvalue weighted by Gasteiger charge is 2.15. The minimum atomic E-state index is -0.490. The summed E-state index contributed by atoms with van der Waals surface area (Å²) in [5.74, 6) is 0.0433. The smallest absolute Gasteiger partial charge is 0.180 e. The molecule has 170 valence electrons. The molecule has 0 aliphatic carbocycles. The molecule has 33 heavy (non-hydrogen) atoms. The largest absolute Gasteiger partial charge is 0.483 e. The van der Waals surface area contributed by atoms with Crippen molar-refractivity contribution in [3.8, 4) is 17.1 Å². The summed E-state index contributed by atoms with van der Waals surface area (Å²) in [6.45, 7) is 6.08. The van der Waals surface area contributed by atoms with E-state index in [9.17, 15) is 8.78 Å². The molecule has 0 unspecified atom stereocenters. The van der Waals surface area contributed by atoms with E-state index in [1.54, 1.807) is 30.6 Å². The molecule has 0 amide bonds. The van der Waals surface area contributed by atoms with Crippen LogP contribution in [-0.2, 0) is 6.61 Å². The van der Waals surface area contributed by atoms with Crippen LogP contribution < -0.4 is 10.1 Å². The second-order valence-electron chi connectivity index (χ2n) is 6.76. The molecular formula is C25H23ClF2N4O. The van der Waals surface area contributed by atoms with Gasteiger partial charge < -0.3 is 10.1 Å². The average Bonchev–Trinajstić information content (AvgIpc) is 2.83. The van der Waals surface area contributed by atoms with Crippen molar-refractivity contribution in [1.29, 1.82) is 0 Å². The number of pyridine rings is 1. The van der Waals surface area contributed by atoms with E-state index in [1.807, 2.05) is 20.8 Å². The van der Waals surface area contributed by atoms with Gasteiger partial charge in [-0.05, 0) is 54.4 Å². The fourth-order valence-electron chi connectivity index (χ4n) is 2.85. The monoisotopic (exact) mass is 468 g/mol. The van der Waals surface area contributed by atoms with Crippen LogP contribution in [0, 0.1) is 18.6 Å². The first kappa shape index (κ1) is 24.1. The number of hydrogen-bond donors (Lipinski definition) is 1. The minimum absolute atomic E-state index is 0.156. The van der Waals surface area contributed by atoms with Gasteiger partial charge in [0.1, 0.15) is 18.2 Å². The van der Waals surface area contributed by atoms with Gasteiger partial charge in [0.25, 0.3) is 0 Å². The summed E-state index contributed by atoms with van der Waals surface area (Å²) in [6.07, 6.45) is 4.82. The highest BCUT2D eigenvalue weighted by Crippen LogP contribution is 2.31. The number of nitrogens with zero attached hydrogens (tertiary/aromatic N) is 3. The van der Waals surface area contributed by atoms with E-state index in [4.69, 9.17) is 16.3 Å². The molecule has 4 rings (SSSR count). The number of benzene rings is 2. The van der Waals surface area contributed by atoms with Gasteiger partial charge in [-0.3, -0.25) is 4.98 Å². The maximum absolute atomic E-state index is 14.4. The van der Waals surface area contributed by atoms with Crippen LogP contribution >= 0.6 is 11.6 Å². The van der Waals surface area contributed by atoms with Gasteiger partial charge in [0.15, 0.2) is 17.4 Å². The third-order valence-electron chi connectivity index (χ3n) is 4.51. The van der Waals surface area contributed by atoms with Crippen molar-refractivity contribution in [2.45, 2.75) is 27.4 Å². The molecule has 8 heteroatoms. The summed E-state index contributed by atoms with van der Waals surface area (Å²) >= 11 is 6.02. The van der Waals surface area contributed by atoms with E-state index in [1.165, 1.54) is 36.5 Å². The maximum atomic E-state index is 14.4. The highest BCUT2D eigenvalue weighted by atomic mass is 35.5. The van der Waals surface area contributed by atoms with Crippen LogP contribution in [0.3, 0.4) is 0 Å².